The van der Waals surface area contributed by atoms with Crippen LogP contribution in [0.15, 0.2) is 0 Å². The zero-order valence-electron chi connectivity index (χ0n) is 18.4. The van der Waals surface area contributed by atoms with Crippen molar-refractivity contribution in [2.24, 2.45) is 0 Å². The minimum Gasteiger partial charge on any atom is -0.462 e. The van der Waals surface area contributed by atoms with E-state index in [2.05, 4.69) is 27.0 Å². The fourth-order valence-electron chi connectivity index (χ4n) is 3.59. The molecule has 3 rings (SSSR count). The molecule has 9 heteroatoms. The van der Waals surface area contributed by atoms with E-state index in [0.717, 1.165) is 54.2 Å². The molecule has 0 saturated carbocycles. The smallest absolute Gasteiger partial charge is 0.348 e. The topological polar surface area (TPSA) is 87.7 Å². The van der Waals surface area contributed by atoms with Crippen LogP contribution in [-0.2, 0) is 9.53 Å². The zero-order chi connectivity index (χ0) is 21.8. The number of nitrogens with zero attached hydrogens (tertiary/aromatic N) is 4. The number of esters is 1. The van der Waals surface area contributed by atoms with Gasteiger partial charge in [-0.05, 0) is 39.7 Å². The third-order valence-electron chi connectivity index (χ3n) is 5.40. The van der Waals surface area contributed by atoms with Gasteiger partial charge in [0, 0.05) is 32.2 Å². The lowest BCUT2D eigenvalue weighted by atomic mass is 10.1. The molecule has 1 aliphatic rings. The molecule has 0 spiro atoms. The molecule has 2 aromatic heterocycles. The minimum absolute atomic E-state index is 0.0748. The number of hydrogen-bond acceptors (Lipinski definition) is 8. The highest BCUT2D eigenvalue weighted by molar-refractivity contribution is 7.20. The number of hydrogen-bond donors (Lipinski definition) is 1. The number of amides is 1. The number of carbonyl (C=O) groups excluding carboxylic acids is 2. The number of ether oxygens (including phenoxy) is 1. The van der Waals surface area contributed by atoms with Crippen molar-refractivity contribution in [3.05, 3.63) is 16.3 Å². The van der Waals surface area contributed by atoms with Gasteiger partial charge in [-0.1, -0.05) is 6.92 Å². The molecule has 1 saturated heterocycles. The first-order valence-electron chi connectivity index (χ1n) is 10.6. The van der Waals surface area contributed by atoms with Gasteiger partial charge < -0.3 is 15.0 Å². The van der Waals surface area contributed by atoms with Gasteiger partial charge in [-0.3, -0.25) is 9.69 Å². The van der Waals surface area contributed by atoms with Crippen molar-refractivity contribution in [1.82, 2.24) is 20.2 Å². The summed E-state index contributed by atoms with van der Waals surface area (Å²) >= 11 is 1.37. The summed E-state index contributed by atoms with van der Waals surface area (Å²) in [5, 5.41) is 3.95. The maximum atomic E-state index is 12.3. The van der Waals surface area contributed by atoms with Crippen molar-refractivity contribution in [1.29, 1.82) is 0 Å². The molecule has 1 atom stereocenters. The summed E-state index contributed by atoms with van der Waals surface area (Å²) in [6.45, 7) is 13.6. The number of aromatic nitrogens is 2. The van der Waals surface area contributed by atoms with Crippen LogP contribution in [0, 0.1) is 13.8 Å². The molecule has 164 valence electrons. The first kappa shape index (κ1) is 22.4. The summed E-state index contributed by atoms with van der Waals surface area (Å²) in [6.07, 6.45) is 0.927. The molecule has 1 unspecified atom stereocenters. The summed E-state index contributed by atoms with van der Waals surface area (Å²) < 4.78 is 5.21. The van der Waals surface area contributed by atoms with Gasteiger partial charge in [-0.25, -0.2) is 14.8 Å². The standard InChI is InChI=1S/C21H31N5O3S/c1-6-13(3)22-16(27)12-25-8-10-26(11-9-25)19-17-14(4)18(21(28)29-7-2)30-20(17)24-15(5)23-19/h13H,6-12H2,1-5H3,(H,22,27). The Kier molecular flexibility index (Phi) is 7.25. The second-order valence-corrected chi connectivity index (χ2v) is 8.69. The van der Waals surface area contributed by atoms with Crippen LogP contribution >= 0.6 is 11.3 Å². The quantitative estimate of drug-likeness (QED) is 0.671. The Morgan fingerprint density at radius 2 is 1.87 bits per heavy atom. The third-order valence-corrected chi connectivity index (χ3v) is 6.57. The molecule has 1 N–H and O–H groups in total. The van der Waals surface area contributed by atoms with E-state index < -0.39 is 0 Å². The number of carbonyl (C=O) groups is 2. The van der Waals surface area contributed by atoms with Gasteiger partial charge in [-0.2, -0.15) is 0 Å². The number of thiophene rings is 1. The first-order chi connectivity index (χ1) is 14.3. The van der Waals surface area contributed by atoms with Crippen LogP contribution in [-0.4, -0.2) is 72.1 Å². The molecule has 1 fully saturated rings. The molecule has 30 heavy (non-hydrogen) atoms. The van der Waals surface area contributed by atoms with E-state index in [0.29, 0.717) is 23.9 Å². The predicted molar refractivity (Wildman–Crippen MR) is 119 cm³/mol. The maximum Gasteiger partial charge on any atom is 0.348 e. The van der Waals surface area contributed by atoms with Crippen LogP contribution in [0.4, 0.5) is 5.82 Å². The van der Waals surface area contributed by atoms with Crippen LogP contribution in [0.1, 0.15) is 48.3 Å². The van der Waals surface area contributed by atoms with E-state index in [1.807, 2.05) is 20.8 Å². The Bertz CT molecular complexity index is 921. The van der Waals surface area contributed by atoms with Crippen LogP contribution in [0.2, 0.25) is 0 Å². The lowest BCUT2D eigenvalue weighted by molar-refractivity contribution is -0.122. The van der Waals surface area contributed by atoms with E-state index in [1.165, 1.54) is 11.3 Å². The van der Waals surface area contributed by atoms with Crippen LogP contribution in [0.3, 0.4) is 0 Å². The van der Waals surface area contributed by atoms with Crippen molar-refractivity contribution in [2.75, 3.05) is 44.2 Å². The van der Waals surface area contributed by atoms with Crippen LogP contribution in [0.25, 0.3) is 10.2 Å². The molecule has 1 aliphatic heterocycles. The van der Waals surface area contributed by atoms with Crippen LogP contribution < -0.4 is 10.2 Å². The Morgan fingerprint density at radius 3 is 2.50 bits per heavy atom. The fourth-order valence-corrected chi connectivity index (χ4v) is 4.70. The third kappa shape index (κ3) is 4.89. The van der Waals surface area contributed by atoms with E-state index in [-0.39, 0.29) is 17.9 Å². The number of aryl methyl sites for hydroxylation is 2. The number of nitrogens with one attached hydrogen (secondary N) is 1. The molecular weight excluding hydrogens is 402 g/mol. The van der Waals surface area contributed by atoms with Crippen molar-refractivity contribution >= 4 is 39.2 Å². The summed E-state index contributed by atoms with van der Waals surface area (Å²) in [6, 6.07) is 0.200. The van der Waals surface area contributed by atoms with Gasteiger partial charge in [0.1, 0.15) is 21.3 Å². The Morgan fingerprint density at radius 1 is 1.17 bits per heavy atom. The lowest BCUT2D eigenvalue weighted by Crippen LogP contribution is -2.50. The van der Waals surface area contributed by atoms with E-state index in [9.17, 15) is 9.59 Å². The molecule has 0 radical (unpaired) electrons. The number of piperazine rings is 1. The molecule has 1 amide bonds. The zero-order valence-corrected chi connectivity index (χ0v) is 19.3. The largest absolute Gasteiger partial charge is 0.462 e. The van der Waals surface area contributed by atoms with Gasteiger partial charge >= 0.3 is 5.97 Å². The van der Waals surface area contributed by atoms with Gasteiger partial charge in [0.15, 0.2) is 0 Å². The SMILES string of the molecule is CCOC(=O)c1sc2nc(C)nc(N3CCN(CC(=O)NC(C)CC)CC3)c2c1C. The van der Waals surface area contributed by atoms with Crippen LogP contribution in [0.5, 0.6) is 0 Å². The van der Waals surface area contributed by atoms with E-state index >= 15 is 0 Å². The molecule has 3 heterocycles. The van der Waals surface area contributed by atoms with E-state index in [4.69, 9.17) is 9.72 Å². The molecule has 0 aliphatic carbocycles. The minimum atomic E-state index is -0.307. The highest BCUT2D eigenvalue weighted by Gasteiger charge is 2.26. The van der Waals surface area contributed by atoms with Crippen molar-refractivity contribution in [2.45, 2.75) is 47.1 Å². The van der Waals surface area contributed by atoms with Crippen molar-refractivity contribution in [3.63, 3.8) is 0 Å². The summed E-state index contributed by atoms with van der Waals surface area (Å²) in [5.74, 6) is 1.32. The number of rotatable bonds is 7. The average Bonchev–Trinajstić information content (AvgIpc) is 3.04. The fraction of sp³-hybridized carbons (Fsp3) is 0.619. The Balaban J connectivity index is 1.76. The second kappa shape index (κ2) is 9.70. The Hall–Kier alpha value is -2.26. The molecule has 0 bridgehead atoms. The van der Waals surface area contributed by atoms with E-state index in [1.54, 1.807) is 6.92 Å². The van der Waals surface area contributed by atoms with Gasteiger partial charge in [0.25, 0.3) is 0 Å². The van der Waals surface area contributed by atoms with Crippen molar-refractivity contribution < 1.29 is 14.3 Å². The monoisotopic (exact) mass is 433 g/mol. The summed E-state index contributed by atoms with van der Waals surface area (Å²) in [4.78, 5) is 39.6. The molecule has 0 aromatic carbocycles. The molecule has 8 nitrogen and oxygen atoms in total. The summed E-state index contributed by atoms with van der Waals surface area (Å²) in [5.41, 5.74) is 0.874. The molecule has 2 aromatic rings. The Labute approximate surface area is 181 Å². The first-order valence-corrected chi connectivity index (χ1v) is 11.4. The average molecular weight is 434 g/mol. The van der Waals surface area contributed by atoms with Gasteiger partial charge in [-0.15, -0.1) is 11.3 Å². The highest BCUT2D eigenvalue weighted by Crippen LogP contribution is 2.36. The van der Waals surface area contributed by atoms with Crippen molar-refractivity contribution in [3.8, 4) is 0 Å². The number of fused-ring (bicyclic) bond motifs is 1. The summed E-state index contributed by atoms with van der Waals surface area (Å²) in [7, 11) is 0. The lowest BCUT2D eigenvalue weighted by Gasteiger charge is -2.35. The van der Waals surface area contributed by atoms with Gasteiger partial charge in [0.2, 0.25) is 5.91 Å². The van der Waals surface area contributed by atoms with Gasteiger partial charge in [0.05, 0.1) is 18.5 Å². The predicted octanol–water partition coefficient (Wildman–Crippen LogP) is 2.52. The highest BCUT2D eigenvalue weighted by atomic mass is 32.1. The second-order valence-electron chi connectivity index (χ2n) is 7.69. The normalized spacial score (nSPS) is 16.0. The molecular formula is C21H31N5O3S. The maximum absolute atomic E-state index is 12.3. The number of anilines is 1.